The maximum Gasteiger partial charge on any atom is 0.277 e. The second kappa shape index (κ2) is 10.2. The number of hydrogen-bond acceptors (Lipinski definition) is 11. The Labute approximate surface area is 200 Å². The molecule has 0 fully saturated rings. The summed E-state index contributed by atoms with van der Waals surface area (Å²) in [6.45, 7) is 0. The molecule has 0 saturated heterocycles. The number of pyridine rings is 1. The van der Waals surface area contributed by atoms with Gasteiger partial charge >= 0.3 is 0 Å². The number of allylic oxidation sites excluding steroid dienone is 2. The van der Waals surface area contributed by atoms with E-state index in [0.29, 0.717) is 39.5 Å². The van der Waals surface area contributed by atoms with Crippen molar-refractivity contribution in [1.29, 1.82) is 5.26 Å². The lowest BCUT2D eigenvalue weighted by Crippen LogP contribution is -2.26. The molecule has 182 valence electrons. The number of ether oxygens (including phenoxy) is 1. The number of aromatic nitrogens is 3. The van der Waals surface area contributed by atoms with Gasteiger partial charge in [-0.25, -0.2) is 15.9 Å². The molecule has 0 amide bonds. The number of para-hydroxylation sites is 1. The van der Waals surface area contributed by atoms with Crippen molar-refractivity contribution in [3.05, 3.63) is 63.9 Å². The molecule has 0 atom stereocenters. The van der Waals surface area contributed by atoms with Crippen LogP contribution in [0.2, 0.25) is 0 Å². The fraction of sp³-hybridized carbons (Fsp3) is 0.143. The van der Waals surface area contributed by atoms with Crippen molar-refractivity contribution in [2.75, 3.05) is 24.8 Å². The predicted molar refractivity (Wildman–Crippen MR) is 134 cm³/mol. The Hall–Kier alpha value is -5.16. The molecule has 1 aromatic carbocycles. The standard InChI is InChI=1S/C21H26N12O2/c1-32-21(34)17-14(8-16(29-20(17)31-32)28-15(24)7-11(9-22)10-23)27-13-6-4-5-12(18(13)35-3)19(25)30-33(2)26/h4-9H,22,24,26H2,1-3H3,(H2,25,30)(H3,27,28,29,31)/b11-9+,15-7+. The third-order valence-corrected chi connectivity index (χ3v) is 4.73. The molecule has 0 aliphatic rings. The van der Waals surface area contributed by atoms with E-state index in [2.05, 4.69) is 25.8 Å². The van der Waals surface area contributed by atoms with Crippen LogP contribution in [0, 0.1) is 11.3 Å². The Morgan fingerprint density at radius 2 is 2.11 bits per heavy atom. The number of H-pyrrole nitrogens is 1. The fourth-order valence-corrected chi connectivity index (χ4v) is 3.28. The van der Waals surface area contributed by atoms with Crippen LogP contribution in [0.4, 0.5) is 17.2 Å². The summed E-state index contributed by atoms with van der Waals surface area (Å²) in [5.41, 5.74) is 19.0. The maximum absolute atomic E-state index is 12.8. The van der Waals surface area contributed by atoms with Crippen molar-refractivity contribution in [3.63, 3.8) is 0 Å². The molecule has 3 rings (SSSR count). The van der Waals surface area contributed by atoms with Crippen LogP contribution in [0.15, 0.2) is 57.8 Å². The van der Waals surface area contributed by atoms with Gasteiger partial charge < -0.3 is 32.6 Å². The summed E-state index contributed by atoms with van der Waals surface area (Å²) >= 11 is 0. The zero-order valence-corrected chi connectivity index (χ0v) is 19.3. The van der Waals surface area contributed by atoms with Gasteiger partial charge in [0.05, 0.1) is 29.6 Å². The second-order valence-electron chi connectivity index (χ2n) is 7.28. The largest absolute Gasteiger partial charge is 0.494 e. The number of amidine groups is 1. The number of nitrogens with one attached hydrogen (secondary N) is 3. The SMILES string of the molecule is COc1c(Nc2cc(N/C(N)=C/C(C#N)=C\N)nc3[nH]n(C)c(=O)c23)cccc1/C(N)=N/N(C)N. The summed E-state index contributed by atoms with van der Waals surface area (Å²) < 4.78 is 6.88. The first-order valence-corrected chi connectivity index (χ1v) is 10.1. The minimum Gasteiger partial charge on any atom is -0.494 e. The summed E-state index contributed by atoms with van der Waals surface area (Å²) in [4.78, 5) is 17.2. The first-order chi connectivity index (χ1) is 16.7. The number of anilines is 3. The number of nitrogens with zero attached hydrogens (tertiary/aromatic N) is 5. The van der Waals surface area contributed by atoms with Crippen molar-refractivity contribution in [2.24, 2.45) is 35.2 Å². The number of aromatic amines is 1. The van der Waals surface area contributed by atoms with Gasteiger partial charge in [0, 0.05) is 26.4 Å². The minimum absolute atomic E-state index is 0.119. The first kappa shape index (κ1) is 24.5. The number of nitriles is 1. The Morgan fingerprint density at radius 3 is 2.74 bits per heavy atom. The highest BCUT2D eigenvalue weighted by atomic mass is 16.5. The van der Waals surface area contributed by atoms with E-state index in [0.717, 1.165) is 11.3 Å². The van der Waals surface area contributed by atoms with E-state index in [-0.39, 0.29) is 22.8 Å². The van der Waals surface area contributed by atoms with Crippen LogP contribution < -0.4 is 44.0 Å². The molecule has 2 aromatic heterocycles. The smallest absolute Gasteiger partial charge is 0.277 e. The summed E-state index contributed by atoms with van der Waals surface area (Å²) in [7, 11) is 4.59. The number of hydrogen-bond donors (Lipinski definition) is 7. The van der Waals surface area contributed by atoms with Gasteiger partial charge in [-0.05, 0) is 18.2 Å². The van der Waals surface area contributed by atoms with Gasteiger partial charge in [0.25, 0.3) is 5.56 Å². The molecule has 0 aliphatic heterocycles. The second-order valence-corrected chi connectivity index (χ2v) is 7.28. The van der Waals surface area contributed by atoms with E-state index in [1.54, 1.807) is 31.3 Å². The number of nitrogens with two attached hydrogens (primary N) is 4. The number of aryl methyl sites for hydroxylation is 1. The molecule has 2 heterocycles. The molecule has 11 N–H and O–H groups in total. The normalized spacial score (nSPS) is 12.4. The Morgan fingerprint density at radius 1 is 1.37 bits per heavy atom. The molecule has 0 unspecified atom stereocenters. The predicted octanol–water partition coefficient (Wildman–Crippen LogP) is 0.0178. The molecule has 14 heteroatoms. The average molecular weight is 479 g/mol. The summed E-state index contributed by atoms with van der Waals surface area (Å²) in [6.07, 6.45) is 2.49. The van der Waals surface area contributed by atoms with Gasteiger partial charge in [0.1, 0.15) is 23.1 Å². The molecular formula is C21H26N12O2. The van der Waals surface area contributed by atoms with Crippen LogP contribution in [0.25, 0.3) is 11.0 Å². The highest BCUT2D eigenvalue weighted by molar-refractivity contribution is 6.02. The monoisotopic (exact) mass is 478 g/mol. The summed E-state index contributed by atoms with van der Waals surface area (Å²) in [5.74, 6) is 6.51. The molecule has 0 saturated carbocycles. The van der Waals surface area contributed by atoms with Crippen molar-refractivity contribution in [3.8, 4) is 11.8 Å². The van der Waals surface area contributed by atoms with Gasteiger partial charge in [-0.3, -0.25) is 14.6 Å². The lowest BCUT2D eigenvalue weighted by atomic mass is 10.1. The lowest BCUT2D eigenvalue weighted by molar-refractivity contribution is 0.371. The number of hydrazine groups is 1. The molecule has 14 nitrogen and oxygen atoms in total. The van der Waals surface area contributed by atoms with Crippen molar-refractivity contribution >= 4 is 34.1 Å². The van der Waals surface area contributed by atoms with E-state index in [1.165, 1.54) is 24.9 Å². The fourth-order valence-electron chi connectivity index (χ4n) is 3.28. The third-order valence-electron chi connectivity index (χ3n) is 4.73. The zero-order valence-electron chi connectivity index (χ0n) is 19.3. The summed E-state index contributed by atoms with van der Waals surface area (Å²) in [5, 5.41) is 23.4. The van der Waals surface area contributed by atoms with Crippen LogP contribution in [0.3, 0.4) is 0 Å². The van der Waals surface area contributed by atoms with E-state index in [1.807, 2.05) is 6.07 Å². The van der Waals surface area contributed by atoms with Gasteiger partial charge in [-0.15, -0.1) is 5.10 Å². The molecule has 0 radical (unpaired) electrons. The minimum atomic E-state index is -0.302. The zero-order chi connectivity index (χ0) is 25.7. The van der Waals surface area contributed by atoms with Crippen molar-refractivity contribution in [2.45, 2.75) is 0 Å². The van der Waals surface area contributed by atoms with E-state index < -0.39 is 0 Å². The topological polar surface area (TPSA) is 227 Å². The maximum atomic E-state index is 12.8. The first-order valence-electron chi connectivity index (χ1n) is 10.1. The van der Waals surface area contributed by atoms with Crippen LogP contribution in [0.1, 0.15) is 5.56 Å². The molecular weight excluding hydrogens is 452 g/mol. The molecule has 0 aliphatic carbocycles. The van der Waals surface area contributed by atoms with E-state index in [9.17, 15) is 4.79 Å². The van der Waals surface area contributed by atoms with Crippen LogP contribution >= 0.6 is 0 Å². The molecule has 0 spiro atoms. The highest BCUT2D eigenvalue weighted by Gasteiger charge is 2.18. The quantitative estimate of drug-likeness (QED) is 0.0569. The lowest BCUT2D eigenvalue weighted by Gasteiger charge is -2.16. The molecule has 35 heavy (non-hydrogen) atoms. The van der Waals surface area contributed by atoms with Crippen LogP contribution in [-0.4, -0.2) is 39.9 Å². The molecule has 3 aromatic rings. The van der Waals surface area contributed by atoms with Crippen LogP contribution in [0.5, 0.6) is 5.75 Å². The Bertz CT molecular complexity index is 1440. The number of fused-ring (bicyclic) bond motifs is 1. The number of methoxy groups -OCH3 is 1. The average Bonchev–Trinajstić information content (AvgIpc) is 3.10. The van der Waals surface area contributed by atoms with Gasteiger partial charge in [-0.1, -0.05) is 6.07 Å². The van der Waals surface area contributed by atoms with Crippen LogP contribution in [-0.2, 0) is 7.05 Å². The Kier molecular flexibility index (Phi) is 7.13. The van der Waals surface area contributed by atoms with Crippen molar-refractivity contribution < 1.29 is 4.74 Å². The number of benzene rings is 1. The van der Waals surface area contributed by atoms with E-state index in [4.69, 9.17) is 33.0 Å². The van der Waals surface area contributed by atoms with Gasteiger partial charge in [0.15, 0.2) is 17.2 Å². The van der Waals surface area contributed by atoms with Gasteiger partial charge in [-0.2, -0.15) is 5.26 Å². The number of hydrazone groups is 1. The molecule has 0 bridgehead atoms. The van der Waals surface area contributed by atoms with E-state index >= 15 is 0 Å². The highest BCUT2D eigenvalue weighted by Crippen LogP contribution is 2.33. The Balaban J connectivity index is 2.13. The number of rotatable bonds is 8. The van der Waals surface area contributed by atoms with Gasteiger partial charge in [0.2, 0.25) is 0 Å². The summed E-state index contributed by atoms with van der Waals surface area (Å²) in [6, 6.07) is 8.71. The third kappa shape index (κ3) is 5.26. The van der Waals surface area contributed by atoms with Crippen molar-refractivity contribution in [1.82, 2.24) is 19.9 Å².